The number of rotatable bonds is 5. The molecule has 1 heterocycles. The Hall–Kier alpha value is -1.68. The van der Waals surface area contributed by atoms with Gasteiger partial charge in [0.1, 0.15) is 5.76 Å². The van der Waals surface area contributed by atoms with Gasteiger partial charge in [-0.3, -0.25) is 4.79 Å². The number of carbonyl (C=O) groups is 1. The lowest BCUT2D eigenvalue weighted by atomic mass is 10.2. The zero-order valence-corrected chi connectivity index (χ0v) is 11.0. The lowest BCUT2D eigenvalue weighted by Gasteiger charge is -2.05. The highest BCUT2D eigenvalue weighted by Crippen LogP contribution is 2.14. The van der Waals surface area contributed by atoms with Crippen LogP contribution in [0.15, 0.2) is 47.1 Å². The minimum atomic E-state index is 0.0113. The van der Waals surface area contributed by atoms with Gasteiger partial charge in [-0.2, -0.15) is 0 Å². The summed E-state index contributed by atoms with van der Waals surface area (Å²) in [6, 6.07) is 11.5. The lowest BCUT2D eigenvalue weighted by Crippen LogP contribution is -2.14. The maximum atomic E-state index is 11.7. The highest BCUT2D eigenvalue weighted by molar-refractivity contribution is 7.99. The molecule has 2 rings (SSSR count). The summed E-state index contributed by atoms with van der Waals surface area (Å²) in [4.78, 5) is 11.7. The average Bonchev–Trinajstić information content (AvgIpc) is 2.82. The van der Waals surface area contributed by atoms with Crippen molar-refractivity contribution >= 4 is 23.4 Å². The van der Waals surface area contributed by atoms with Gasteiger partial charge in [0.25, 0.3) is 0 Å². The topological polar surface area (TPSA) is 42.2 Å². The van der Waals surface area contributed by atoms with Gasteiger partial charge < -0.3 is 9.73 Å². The number of nitrogens with one attached hydrogen (secondary N) is 1. The molecule has 18 heavy (non-hydrogen) atoms. The van der Waals surface area contributed by atoms with Crippen LogP contribution in [0.2, 0.25) is 0 Å². The van der Waals surface area contributed by atoms with Crippen molar-refractivity contribution in [2.75, 3.05) is 11.1 Å². The van der Waals surface area contributed by atoms with E-state index < -0.39 is 0 Å². The van der Waals surface area contributed by atoms with Crippen molar-refractivity contribution in [3.8, 4) is 0 Å². The van der Waals surface area contributed by atoms with Crippen LogP contribution in [0.5, 0.6) is 0 Å². The van der Waals surface area contributed by atoms with E-state index in [2.05, 4.69) is 5.32 Å². The molecular formula is C14H15NO2S. The van der Waals surface area contributed by atoms with Gasteiger partial charge in [0.2, 0.25) is 5.91 Å². The number of anilines is 1. The highest BCUT2D eigenvalue weighted by atomic mass is 32.2. The largest absolute Gasteiger partial charge is 0.468 e. The Balaban J connectivity index is 1.75. The average molecular weight is 261 g/mol. The van der Waals surface area contributed by atoms with Crippen LogP contribution in [0.1, 0.15) is 11.3 Å². The number of carbonyl (C=O) groups excluding carboxylic acids is 1. The fourth-order valence-electron chi connectivity index (χ4n) is 1.56. The summed E-state index contributed by atoms with van der Waals surface area (Å²) in [5.41, 5.74) is 1.98. The predicted octanol–water partition coefficient (Wildman–Crippen LogP) is 3.46. The van der Waals surface area contributed by atoms with Gasteiger partial charge in [0, 0.05) is 5.69 Å². The summed E-state index contributed by atoms with van der Waals surface area (Å²) in [7, 11) is 0. The molecule has 1 aromatic carbocycles. The summed E-state index contributed by atoms with van der Waals surface area (Å²) >= 11 is 1.54. The predicted molar refractivity (Wildman–Crippen MR) is 74.7 cm³/mol. The van der Waals surface area contributed by atoms with Crippen LogP contribution in [0.3, 0.4) is 0 Å². The van der Waals surface area contributed by atoms with Gasteiger partial charge in [-0.25, -0.2) is 0 Å². The van der Waals surface area contributed by atoms with E-state index in [-0.39, 0.29) is 5.91 Å². The number of thioether (sulfide) groups is 1. The molecule has 4 heteroatoms. The first kappa shape index (κ1) is 12.8. The maximum absolute atomic E-state index is 11.7. The van der Waals surface area contributed by atoms with Gasteiger partial charge >= 0.3 is 0 Å². The van der Waals surface area contributed by atoms with Crippen molar-refractivity contribution in [1.82, 2.24) is 0 Å². The van der Waals surface area contributed by atoms with E-state index in [1.54, 1.807) is 6.26 Å². The van der Waals surface area contributed by atoms with E-state index in [0.717, 1.165) is 17.0 Å². The molecule has 1 N–H and O–H groups in total. The van der Waals surface area contributed by atoms with Crippen LogP contribution in [0.4, 0.5) is 5.69 Å². The van der Waals surface area contributed by atoms with Crippen molar-refractivity contribution in [3.05, 3.63) is 54.0 Å². The molecule has 0 spiro atoms. The van der Waals surface area contributed by atoms with E-state index >= 15 is 0 Å². The van der Waals surface area contributed by atoms with Gasteiger partial charge in [0.05, 0.1) is 17.8 Å². The molecule has 1 amide bonds. The number of hydrogen-bond acceptors (Lipinski definition) is 3. The van der Waals surface area contributed by atoms with E-state index in [1.807, 2.05) is 43.3 Å². The second-order valence-corrected chi connectivity index (χ2v) is 4.98. The molecule has 94 valence electrons. The molecule has 0 bridgehead atoms. The number of furan rings is 1. The Kier molecular flexibility index (Phi) is 4.47. The first-order valence-electron chi connectivity index (χ1n) is 5.71. The molecule has 0 atom stereocenters. The summed E-state index contributed by atoms with van der Waals surface area (Å²) in [6.07, 6.45) is 1.64. The van der Waals surface area contributed by atoms with Crippen LogP contribution in [-0.2, 0) is 10.5 Å². The molecule has 0 radical (unpaired) electrons. The van der Waals surface area contributed by atoms with Crippen molar-refractivity contribution < 1.29 is 9.21 Å². The van der Waals surface area contributed by atoms with Crippen LogP contribution in [0, 0.1) is 6.92 Å². The Morgan fingerprint density at radius 3 is 2.94 bits per heavy atom. The maximum Gasteiger partial charge on any atom is 0.234 e. The molecule has 3 nitrogen and oxygen atoms in total. The normalized spacial score (nSPS) is 10.3. The van der Waals surface area contributed by atoms with E-state index in [9.17, 15) is 4.79 Å². The van der Waals surface area contributed by atoms with Crippen molar-refractivity contribution in [2.45, 2.75) is 12.7 Å². The molecule has 0 aliphatic heterocycles. The zero-order chi connectivity index (χ0) is 12.8. The monoisotopic (exact) mass is 261 g/mol. The van der Waals surface area contributed by atoms with E-state index in [0.29, 0.717) is 11.5 Å². The highest BCUT2D eigenvalue weighted by Gasteiger charge is 2.04. The second kappa shape index (κ2) is 6.31. The van der Waals surface area contributed by atoms with Crippen molar-refractivity contribution in [1.29, 1.82) is 0 Å². The molecule has 0 saturated carbocycles. The number of benzene rings is 1. The van der Waals surface area contributed by atoms with E-state index in [4.69, 9.17) is 4.42 Å². The van der Waals surface area contributed by atoms with Gasteiger partial charge in [-0.15, -0.1) is 11.8 Å². The Morgan fingerprint density at radius 1 is 1.33 bits per heavy atom. The van der Waals surface area contributed by atoms with Crippen LogP contribution in [-0.4, -0.2) is 11.7 Å². The van der Waals surface area contributed by atoms with Gasteiger partial charge in [0.15, 0.2) is 0 Å². The van der Waals surface area contributed by atoms with E-state index in [1.165, 1.54) is 11.8 Å². The molecular weight excluding hydrogens is 246 g/mol. The smallest absolute Gasteiger partial charge is 0.234 e. The minimum absolute atomic E-state index is 0.0113. The van der Waals surface area contributed by atoms with Gasteiger partial charge in [-0.05, 0) is 36.8 Å². The lowest BCUT2D eigenvalue weighted by molar-refractivity contribution is -0.113. The van der Waals surface area contributed by atoms with Crippen LogP contribution < -0.4 is 5.32 Å². The molecule has 0 fully saturated rings. The Labute approximate surface area is 111 Å². The van der Waals surface area contributed by atoms with Crippen LogP contribution in [0.25, 0.3) is 0 Å². The molecule has 1 aromatic heterocycles. The molecule has 0 saturated heterocycles. The summed E-state index contributed by atoms with van der Waals surface area (Å²) in [5, 5.41) is 2.87. The Morgan fingerprint density at radius 2 is 2.22 bits per heavy atom. The Bertz CT molecular complexity index is 508. The van der Waals surface area contributed by atoms with Crippen LogP contribution >= 0.6 is 11.8 Å². The molecule has 0 aliphatic carbocycles. The SMILES string of the molecule is Cc1cccc(NC(=O)CSCc2ccco2)c1. The summed E-state index contributed by atoms with van der Waals surface area (Å²) in [6.45, 7) is 2.00. The summed E-state index contributed by atoms with van der Waals surface area (Å²) < 4.78 is 5.20. The number of amides is 1. The number of aryl methyl sites for hydroxylation is 1. The fourth-order valence-corrected chi connectivity index (χ4v) is 2.28. The first-order valence-corrected chi connectivity index (χ1v) is 6.86. The third-order valence-corrected chi connectivity index (χ3v) is 3.31. The third kappa shape index (κ3) is 3.96. The van der Waals surface area contributed by atoms with Gasteiger partial charge in [-0.1, -0.05) is 12.1 Å². The standard InChI is InChI=1S/C14H15NO2S/c1-11-4-2-5-12(8-11)15-14(16)10-18-9-13-6-3-7-17-13/h2-8H,9-10H2,1H3,(H,15,16). The quantitative estimate of drug-likeness (QED) is 0.896. The minimum Gasteiger partial charge on any atom is -0.468 e. The molecule has 0 unspecified atom stereocenters. The molecule has 2 aromatic rings. The fraction of sp³-hybridized carbons (Fsp3) is 0.214. The first-order chi connectivity index (χ1) is 8.74. The van der Waals surface area contributed by atoms with Crippen molar-refractivity contribution in [2.24, 2.45) is 0 Å². The number of hydrogen-bond donors (Lipinski definition) is 1. The second-order valence-electron chi connectivity index (χ2n) is 3.99. The zero-order valence-electron chi connectivity index (χ0n) is 10.2. The van der Waals surface area contributed by atoms with Crippen molar-refractivity contribution in [3.63, 3.8) is 0 Å². The molecule has 0 aliphatic rings. The summed E-state index contributed by atoms with van der Waals surface area (Å²) in [5.74, 6) is 2.04. The third-order valence-electron chi connectivity index (χ3n) is 2.36.